The molecule has 26 valence electrons. The standard InChI is InChI=1S/Ce.Co.2O.Sb.Si/q+3;+2;2*-2;+3;+4. The molecule has 0 atom stereocenters. The molecule has 6 heavy (non-hydrogen) atoms. The molecular weight excluding hydrogens is 381 g/mol. The minimum Gasteiger partial charge on any atom is -2.00 e. The zero-order chi connectivity index (χ0) is 0. The van der Waals surface area contributed by atoms with Crippen LogP contribution >= 0.6 is 0 Å². The van der Waals surface area contributed by atoms with E-state index < -0.39 is 0 Å². The van der Waals surface area contributed by atoms with Crippen LogP contribution in [0.3, 0.4) is 0 Å². The average Bonchev–Trinajstić information content (AvgIpc) is 0. The van der Waals surface area contributed by atoms with Crippen LogP contribution in [0.1, 0.15) is 0 Å². The summed E-state index contributed by atoms with van der Waals surface area (Å²) >= 11 is 0. The van der Waals surface area contributed by atoms with E-state index in [9.17, 15) is 0 Å². The Morgan fingerprint density at radius 3 is 0.833 bits per heavy atom. The van der Waals surface area contributed by atoms with E-state index in [1.54, 1.807) is 0 Å². The Bertz CT molecular complexity index is 13.5. The van der Waals surface area contributed by atoms with Crippen molar-refractivity contribution < 1.29 is 69.5 Å². The van der Waals surface area contributed by atoms with Crippen LogP contribution in [0.25, 0.3) is 0 Å². The maximum absolute atomic E-state index is 0. The first-order chi connectivity index (χ1) is 0. The molecular formula is CeCoO2SbSi+8. The van der Waals surface area contributed by atoms with Gasteiger partial charge in [0.1, 0.15) is 0 Å². The molecule has 0 aromatic rings. The second kappa shape index (κ2) is 45.5. The van der Waals surface area contributed by atoms with E-state index in [-0.39, 0.29) is 105 Å². The van der Waals surface area contributed by atoms with Crippen molar-refractivity contribution in [1.29, 1.82) is 0 Å². The summed E-state index contributed by atoms with van der Waals surface area (Å²) in [5.41, 5.74) is 0. The van der Waals surface area contributed by atoms with E-state index in [0.29, 0.717) is 0 Å². The van der Waals surface area contributed by atoms with Crippen LogP contribution in [0.4, 0.5) is 0 Å². The third-order valence-corrected chi connectivity index (χ3v) is 0. The number of rotatable bonds is 0. The quantitative estimate of drug-likeness (QED) is 0.484. The largest absolute Gasteiger partial charge is 4.00 e. The third-order valence-electron chi connectivity index (χ3n) is 0. The Labute approximate surface area is 103 Å². The first-order valence-corrected chi connectivity index (χ1v) is 0. The fourth-order valence-corrected chi connectivity index (χ4v) is 0. The molecule has 0 aliphatic rings. The number of hydrogen-bond acceptors (Lipinski definition) is 0. The normalized spacial score (nSPS) is 0. The first kappa shape index (κ1) is 67.4. The van der Waals surface area contributed by atoms with Gasteiger partial charge in [-0.2, -0.15) is 0 Å². The Morgan fingerprint density at radius 2 is 0.833 bits per heavy atom. The van der Waals surface area contributed by atoms with Gasteiger partial charge in [-0.15, -0.1) is 0 Å². The van der Waals surface area contributed by atoms with Gasteiger partial charge in [0.25, 0.3) is 0 Å². The molecule has 0 aromatic carbocycles. The summed E-state index contributed by atoms with van der Waals surface area (Å²) < 4.78 is 0. The van der Waals surface area contributed by atoms with Crippen molar-refractivity contribution in [3.8, 4) is 0 Å². The van der Waals surface area contributed by atoms with Crippen LogP contribution in [-0.4, -0.2) is 35.4 Å². The van der Waals surface area contributed by atoms with Crippen LogP contribution in [0.15, 0.2) is 0 Å². The molecule has 0 bridgehead atoms. The Kier molecular flexibility index (Phi) is 511. The van der Waals surface area contributed by atoms with Crippen molar-refractivity contribution in [2.24, 2.45) is 0 Å². The van der Waals surface area contributed by atoms with Gasteiger partial charge < -0.3 is 11.0 Å². The molecule has 0 fully saturated rings. The van der Waals surface area contributed by atoms with Gasteiger partial charge in [-0.1, -0.05) is 0 Å². The summed E-state index contributed by atoms with van der Waals surface area (Å²) in [5, 5.41) is 0. The van der Waals surface area contributed by atoms with Gasteiger partial charge in [0, 0.05) is 0 Å². The topological polar surface area (TPSA) is 57.0 Å². The van der Waals surface area contributed by atoms with Crippen LogP contribution in [-0.2, 0) is 27.7 Å². The van der Waals surface area contributed by atoms with Crippen molar-refractivity contribution in [2.45, 2.75) is 0 Å². The molecule has 0 aliphatic heterocycles. The molecule has 0 saturated carbocycles. The SMILES string of the molecule is [Ce+3].[Co+2].[O-2].[O-2].[Sb+3].[Si+4]. The molecule has 0 amide bonds. The Morgan fingerprint density at radius 1 is 0.833 bits per heavy atom. The summed E-state index contributed by atoms with van der Waals surface area (Å²) in [6.07, 6.45) is 0. The first-order valence-electron chi connectivity index (χ1n) is 0. The maximum Gasteiger partial charge on any atom is 4.00 e. The summed E-state index contributed by atoms with van der Waals surface area (Å²) in [6.45, 7) is 0. The predicted molar refractivity (Wildman–Crippen MR) is 12.9 cm³/mol. The van der Waals surface area contributed by atoms with Crippen LogP contribution in [0.5, 0.6) is 0 Å². The molecule has 0 saturated heterocycles. The van der Waals surface area contributed by atoms with Crippen LogP contribution < -0.4 is 0 Å². The van der Waals surface area contributed by atoms with Crippen molar-refractivity contribution in [3.05, 3.63) is 0 Å². The average molecular weight is 381 g/mol. The van der Waals surface area contributed by atoms with Gasteiger partial charge in [0.2, 0.25) is 0 Å². The van der Waals surface area contributed by atoms with Crippen molar-refractivity contribution in [2.75, 3.05) is 0 Å². The van der Waals surface area contributed by atoms with Gasteiger partial charge in [-0.05, 0) is 0 Å². The molecule has 0 heterocycles. The molecule has 0 aliphatic carbocycles. The second-order valence-corrected chi connectivity index (χ2v) is 0. The van der Waals surface area contributed by atoms with E-state index in [2.05, 4.69) is 0 Å². The summed E-state index contributed by atoms with van der Waals surface area (Å²) in [6, 6.07) is 0. The molecule has 0 rings (SSSR count). The molecule has 0 N–H and O–H groups in total. The predicted octanol–water partition coefficient (Wildman–Crippen LogP) is -1.00. The van der Waals surface area contributed by atoms with E-state index in [1.807, 2.05) is 0 Å². The molecule has 6 heteroatoms. The summed E-state index contributed by atoms with van der Waals surface area (Å²) in [4.78, 5) is 0. The van der Waals surface area contributed by atoms with E-state index in [1.165, 1.54) is 0 Å². The van der Waals surface area contributed by atoms with Crippen molar-refractivity contribution in [3.63, 3.8) is 0 Å². The Balaban J connectivity index is 0. The maximum atomic E-state index is 0. The van der Waals surface area contributed by atoms with Crippen LogP contribution in [0, 0.1) is 41.7 Å². The van der Waals surface area contributed by atoms with Gasteiger partial charge >= 0.3 is 93.9 Å². The zero-order valence-electron chi connectivity index (χ0n) is 2.60. The van der Waals surface area contributed by atoms with Crippen molar-refractivity contribution >= 4 is 35.4 Å². The number of hydrogen-bond donors (Lipinski definition) is 0. The molecule has 4 radical (unpaired) electrons. The third kappa shape index (κ3) is 28.9. The van der Waals surface area contributed by atoms with Crippen LogP contribution in [0.2, 0.25) is 0 Å². The molecule has 0 aromatic heterocycles. The van der Waals surface area contributed by atoms with Gasteiger partial charge in [0.05, 0.1) is 0 Å². The fourth-order valence-electron chi connectivity index (χ4n) is 0. The minimum atomic E-state index is 0. The monoisotopic (exact) mass is 380 g/mol. The fraction of sp³-hybridized carbons (Fsp3) is 0. The minimum absolute atomic E-state index is 0. The van der Waals surface area contributed by atoms with E-state index in [0.717, 1.165) is 0 Å². The van der Waals surface area contributed by atoms with E-state index >= 15 is 0 Å². The Hall–Kier alpha value is 2.84. The van der Waals surface area contributed by atoms with Gasteiger partial charge in [-0.25, -0.2) is 0 Å². The molecule has 0 spiro atoms. The van der Waals surface area contributed by atoms with Gasteiger partial charge in [-0.3, -0.25) is 0 Å². The summed E-state index contributed by atoms with van der Waals surface area (Å²) in [7, 11) is 0. The van der Waals surface area contributed by atoms with Crippen molar-refractivity contribution in [1.82, 2.24) is 0 Å². The van der Waals surface area contributed by atoms with Gasteiger partial charge in [0.15, 0.2) is 0 Å². The molecule has 0 unspecified atom stereocenters. The second-order valence-electron chi connectivity index (χ2n) is 0. The van der Waals surface area contributed by atoms with E-state index in [4.69, 9.17) is 0 Å². The molecule has 2 nitrogen and oxygen atoms in total. The smallest absolute Gasteiger partial charge is 2.00 e. The summed E-state index contributed by atoms with van der Waals surface area (Å²) in [5.74, 6) is 0. The zero-order valence-corrected chi connectivity index (χ0v) is 10.3.